The molecule has 3 atom stereocenters. The summed E-state index contributed by atoms with van der Waals surface area (Å²) in [7, 11) is 0. The van der Waals surface area contributed by atoms with Crippen molar-refractivity contribution in [3.05, 3.63) is 46.4 Å². The number of aryl methyl sites for hydroxylation is 1. The molecule has 1 aromatic carbocycles. The molecule has 1 aliphatic carbocycles. The highest BCUT2D eigenvalue weighted by Gasteiger charge is 2.50. The summed E-state index contributed by atoms with van der Waals surface area (Å²) in [4.78, 5) is 9.10. The lowest BCUT2D eigenvalue weighted by molar-refractivity contribution is -0.0855. The second kappa shape index (κ2) is 9.85. The maximum Gasteiger partial charge on any atom is 0.252 e. The number of alkyl halides is 1. The van der Waals surface area contributed by atoms with Gasteiger partial charge in [0.1, 0.15) is 12.8 Å². The predicted molar refractivity (Wildman–Crippen MR) is 144 cm³/mol. The van der Waals surface area contributed by atoms with Crippen LogP contribution in [0.2, 0.25) is 0 Å². The van der Waals surface area contributed by atoms with Crippen molar-refractivity contribution in [2.24, 2.45) is 0 Å². The van der Waals surface area contributed by atoms with Crippen LogP contribution in [0.5, 0.6) is 5.88 Å². The van der Waals surface area contributed by atoms with E-state index in [9.17, 15) is 4.39 Å². The number of nitrogens with zero attached hydrogens (tertiary/aromatic N) is 3. The summed E-state index contributed by atoms with van der Waals surface area (Å²) in [5.74, 6) is -0.419. The van der Waals surface area contributed by atoms with Gasteiger partial charge in [-0.2, -0.15) is 4.39 Å². The molecule has 2 N–H and O–H groups in total. The zero-order chi connectivity index (χ0) is 26.6. The fourth-order valence-corrected chi connectivity index (χ4v) is 7.75. The zero-order valence-corrected chi connectivity index (χ0v) is 22.5. The van der Waals surface area contributed by atoms with Crippen LogP contribution in [0.1, 0.15) is 60.9 Å². The largest absolute Gasteiger partial charge is 0.474 e. The molecule has 3 unspecified atom stereocenters. The smallest absolute Gasteiger partial charge is 0.252 e. The van der Waals surface area contributed by atoms with Crippen LogP contribution in [-0.4, -0.2) is 67.6 Å². The lowest BCUT2D eigenvalue weighted by Crippen LogP contribution is -2.44. The summed E-state index contributed by atoms with van der Waals surface area (Å²) in [6, 6.07) is 6.09. The summed E-state index contributed by atoms with van der Waals surface area (Å²) in [5.41, 5.74) is 10.5. The highest BCUT2D eigenvalue weighted by Crippen LogP contribution is 2.48. The van der Waals surface area contributed by atoms with Crippen LogP contribution in [0.3, 0.4) is 0 Å². The van der Waals surface area contributed by atoms with Crippen LogP contribution >= 0.6 is 0 Å². The fourth-order valence-electron chi connectivity index (χ4n) is 7.75. The number of aromatic nitrogens is 1. The van der Waals surface area contributed by atoms with E-state index in [0.29, 0.717) is 57.1 Å². The van der Waals surface area contributed by atoms with Gasteiger partial charge in [-0.1, -0.05) is 6.07 Å². The quantitative estimate of drug-likeness (QED) is 0.580. The molecule has 3 fully saturated rings. The molecular formula is C30H38F2N4O3. The summed E-state index contributed by atoms with van der Waals surface area (Å²) in [6.07, 6.45) is 5.67. The number of fused-ring (bicyclic) bond motifs is 4. The van der Waals surface area contributed by atoms with E-state index in [-0.39, 0.29) is 24.6 Å². The van der Waals surface area contributed by atoms with Gasteiger partial charge in [0.15, 0.2) is 0 Å². The predicted octanol–water partition coefficient (Wildman–Crippen LogP) is 4.29. The van der Waals surface area contributed by atoms with Crippen molar-refractivity contribution in [2.75, 3.05) is 56.6 Å². The molecule has 210 valence electrons. The molecule has 7 rings (SSSR count). The first-order chi connectivity index (χ1) is 19.0. The molecule has 2 aromatic rings. The molecule has 4 aliphatic heterocycles. The average molecular weight is 541 g/mol. The molecule has 0 radical (unpaired) electrons. The van der Waals surface area contributed by atoms with Crippen LogP contribution in [0, 0.1) is 5.82 Å². The van der Waals surface area contributed by atoms with Crippen molar-refractivity contribution in [3.63, 3.8) is 0 Å². The number of ether oxygens (including phenoxy) is 3. The Labute approximate surface area is 228 Å². The zero-order valence-electron chi connectivity index (χ0n) is 22.5. The van der Waals surface area contributed by atoms with Crippen molar-refractivity contribution in [1.82, 2.24) is 9.88 Å². The van der Waals surface area contributed by atoms with E-state index in [2.05, 4.69) is 15.9 Å². The summed E-state index contributed by atoms with van der Waals surface area (Å²) in [5, 5.41) is 0. The molecule has 9 heteroatoms. The average Bonchev–Trinajstić information content (AvgIpc) is 3.31. The number of hydrogen-bond acceptors (Lipinski definition) is 7. The Morgan fingerprint density at radius 3 is 2.97 bits per heavy atom. The van der Waals surface area contributed by atoms with E-state index in [1.54, 1.807) is 0 Å². The van der Waals surface area contributed by atoms with Gasteiger partial charge in [-0.05, 0) is 68.3 Å². The highest BCUT2D eigenvalue weighted by molar-refractivity contribution is 5.60. The van der Waals surface area contributed by atoms with Crippen molar-refractivity contribution in [3.8, 4) is 5.88 Å². The van der Waals surface area contributed by atoms with Gasteiger partial charge in [0.25, 0.3) is 5.88 Å². The third kappa shape index (κ3) is 4.37. The molecular weight excluding hydrogens is 502 g/mol. The van der Waals surface area contributed by atoms with Crippen molar-refractivity contribution >= 4 is 11.4 Å². The first-order valence-electron chi connectivity index (χ1n) is 14.6. The summed E-state index contributed by atoms with van der Waals surface area (Å²) < 4.78 is 49.4. The molecule has 1 aromatic heterocycles. The van der Waals surface area contributed by atoms with Crippen LogP contribution < -0.4 is 15.4 Å². The SMILES string of the molecule is Nc1ccc2c(c1)C1(CCC2)Cc2nc(OCC34CCCN3CC(F)C4)c(F)c(N3CCCOCC3)c2CO1. The van der Waals surface area contributed by atoms with Gasteiger partial charge >= 0.3 is 0 Å². The van der Waals surface area contributed by atoms with Gasteiger partial charge in [0.05, 0.1) is 35.7 Å². The number of rotatable bonds is 4. The molecule has 3 saturated heterocycles. The Morgan fingerprint density at radius 1 is 1.13 bits per heavy atom. The Balaban J connectivity index is 1.27. The Morgan fingerprint density at radius 2 is 2.05 bits per heavy atom. The minimum absolute atomic E-state index is 0.0260. The van der Waals surface area contributed by atoms with Gasteiger partial charge in [-0.15, -0.1) is 0 Å². The van der Waals surface area contributed by atoms with Crippen LogP contribution in [0.4, 0.5) is 20.2 Å². The third-order valence-corrected chi connectivity index (χ3v) is 9.64. The number of benzene rings is 1. The number of nitrogen functional groups attached to an aromatic ring is 1. The molecule has 0 saturated carbocycles. The second-order valence-electron chi connectivity index (χ2n) is 12.1. The van der Waals surface area contributed by atoms with Crippen molar-refractivity contribution < 1.29 is 23.0 Å². The maximum atomic E-state index is 16.4. The summed E-state index contributed by atoms with van der Waals surface area (Å²) in [6.45, 7) is 4.32. The Bertz CT molecular complexity index is 1250. The lowest BCUT2D eigenvalue weighted by Gasteiger charge is -2.43. The van der Waals surface area contributed by atoms with E-state index >= 15 is 4.39 Å². The van der Waals surface area contributed by atoms with E-state index < -0.39 is 17.6 Å². The van der Waals surface area contributed by atoms with Gasteiger partial charge in [-0.3, -0.25) is 4.90 Å². The molecule has 0 bridgehead atoms. The Hall–Kier alpha value is -2.49. The first-order valence-corrected chi connectivity index (χ1v) is 14.6. The van der Waals surface area contributed by atoms with Crippen LogP contribution in [-0.2, 0) is 34.5 Å². The Kier molecular flexibility index (Phi) is 6.44. The first kappa shape index (κ1) is 25.5. The lowest BCUT2D eigenvalue weighted by atomic mass is 9.74. The van der Waals surface area contributed by atoms with Crippen molar-refractivity contribution in [1.29, 1.82) is 0 Å². The number of nitrogens with two attached hydrogens (primary N) is 1. The number of hydrogen-bond donors (Lipinski definition) is 1. The maximum absolute atomic E-state index is 16.4. The van der Waals surface area contributed by atoms with E-state index in [0.717, 1.165) is 61.9 Å². The molecule has 5 heterocycles. The van der Waals surface area contributed by atoms with E-state index in [1.807, 2.05) is 12.1 Å². The minimum atomic E-state index is -0.862. The monoisotopic (exact) mass is 540 g/mol. The molecule has 39 heavy (non-hydrogen) atoms. The highest BCUT2D eigenvalue weighted by atomic mass is 19.1. The van der Waals surface area contributed by atoms with Crippen molar-refractivity contribution in [2.45, 2.75) is 75.3 Å². The van der Waals surface area contributed by atoms with Crippen LogP contribution in [0.25, 0.3) is 0 Å². The van der Waals surface area contributed by atoms with Crippen LogP contribution in [0.15, 0.2) is 18.2 Å². The molecule has 7 nitrogen and oxygen atoms in total. The number of anilines is 2. The van der Waals surface area contributed by atoms with E-state index in [1.165, 1.54) is 5.56 Å². The fraction of sp³-hybridized carbons (Fsp3) is 0.633. The summed E-state index contributed by atoms with van der Waals surface area (Å²) >= 11 is 0. The number of halogens is 2. The minimum Gasteiger partial charge on any atom is -0.474 e. The van der Waals surface area contributed by atoms with Gasteiger partial charge in [0.2, 0.25) is 5.82 Å². The number of pyridine rings is 1. The normalized spacial score (nSPS) is 30.6. The van der Waals surface area contributed by atoms with Gasteiger partial charge in [-0.25, -0.2) is 9.37 Å². The van der Waals surface area contributed by atoms with Gasteiger partial charge in [0, 0.05) is 50.3 Å². The second-order valence-corrected chi connectivity index (χ2v) is 12.1. The molecule has 5 aliphatic rings. The van der Waals surface area contributed by atoms with Gasteiger partial charge < -0.3 is 24.8 Å². The topological polar surface area (TPSA) is 73.1 Å². The standard InChI is InChI=1S/C30H38F2N4O3/c31-21-15-29(7-2-10-36(29)17-21)19-38-28-26(32)27(35-9-3-12-37-13-11-35)23-18-39-30(16-25(23)34-28)8-1-4-20-5-6-22(33)14-24(20)30/h5-6,14,21H,1-4,7-13,15-19,33H2. The molecule has 0 amide bonds. The molecule has 1 spiro atoms. The van der Waals surface area contributed by atoms with E-state index in [4.69, 9.17) is 24.9 Å². The third-order valence-electron chi connectivity index (χ3n) is 9.64.